The van der Waals surface area contributed by atoms with E-state index in [0.29, 0.717) is 0 Å². The first-order valence-electron chi connectivity index (χ1n) is 5.95. The van der Waals surface area contributed by atoms with Crippen molar-refractivity contribution in [2.45, 2.75) is 51.4 Å². The van der Waals surface area contributed by atoms with Gasteiger partial charge in [0.15, 0.2) is 0 Å². The molecule has 0 aliphatic heterocycles. The zero-order chi connectivity index (χ0) is 7.97. The van der Waals surface area contributed by atoms with E-state index in [1.54, 1.807) is 51.4 Å². The molecule has 0 aromatic rings. The quantitative estimate of drug-likeness (QED) is 0.585. The minimum atomic E-state index is 1.17. The van der Waals surface area contributed by atoms with Crippen LogP contribution in [0.4, 0.5) is 0 Å². The van der Waals surface area contributed by atoms with E-state index in [2.05, 4.69) is 0 Å². The van der Waals surface area contributed by atoms with Gasteiger partial charge in [0.1, 0.15) is 0 Å². The molecule has 0 nitrogen and oxygen atoms in total. The van der Waals surface area contributed by atoms with Crippen molar-refractivity contribution >= 4 is 0 Å². The summed E-state index contributed by atoms with van der Waals surface area (Å²) in [7, 11) is 0. The molecular formula is C12H20. The second kappa shape index (κ2) is 2.75. The van der Waals surface area contributed by atoms with E-state index >= 15 is 0 Å². The Labute approximate surface area is 75.7 Å². The molecule has 0 aromatic heterocycles. The van der Waals surface area contributed by atoms with Crippen LogP contribution in [-0.4, -0.2) is 0 Å². The Morgan fingerprint density at radius 2 is 1.00 bits per heavy atom. The highest BCUT2D eigenvalue weighted by molar-refractivity contribution is 4.95. The molecule has 0 heterocycles. The summed E-state index contributed by atoms with van der Waals surface area (Å²) in [6.45, 7) is 0. The summed E-state index contributed by atoms with van der Waals surface area (Å²) in [5.41, 5.74) is 0. The minimum absolute atomic E-state index is 1.17. The van der Waals surface area contributed by atoms with Gasteiger partial charge >= 0.3 is 0 Å². The van der Waals surface area contributed by atoms with Crippen molar-refractivity contribution in [3.05, 3.63) is 0 Å². The highest BCUT2D eigenvalue weighted by Gasteiger charge is 2.45. The van der Waals surface area contributed by atoms with Crippen molar-refractivity contribution < 1.29 is 0 Å². The largest absolute Gasteiger partial charge is 0.0530 e. The van der Waals surface area contributed by atoms with Crippen LogP contribution in [-0.2, 0) is 0 Å². The molecule has 0 heteroatoms. The maximum absolute atomic E-state index is 1.59. The molecule has 0 amide bonds. The molecule has 3 saturated carbocycles. The molecule has 0 bridgehead atoms. The van der Waals surface area contributed by atoms with E-state index in [9.17, 15) is 0 Å². The van der Waals surface area contributed by atoms with Crippen LogP contribution >= 0.6 is 0 Å². The van der Waals surface area contributed by atoms with Crippen LogP contribution in [0.5, 0.6) is 0 Å². The van der Waals surface area contributed by atoms with Crippen LogP contribution in [0.25, 0.3) is 0 Å². The van der Waals surface area contributed by atoms with Gasteiger partial charge in [0.05, 0.1) is 0 Å². The second-order valence-electron chi connectivity index (χ2n) is 5.29. The zero-order valence-electron chi connectivity index (χ0n) is 7.97. The third kappa shape index (κ3) is 1.11. The summed E-state index contributed by atoms with van der Waals surface area (Å²) in [5, 5.41) is 0. The molecule has 0 N–H and O–H groups in total. The zero-order valence-corrected chi connectivity index (χ0v) is 7.97. The molecule has 2 unspecified atom stereocenters. The predicted molar refractivity (Wildman–Crippen MR) is 50.9 cm³/mol. The first kappa shape index (κ1) is 7.41. The van der Waals surface area contributed by atoms with Crippen LogP contribution in [0.15, 0.2) is 0 Å². The van der Waals surface area contributed by atoms with Crippen molar-refractivity contribution in [1.29, 1.82) is 0 Å². The summed E-state index contributed by atoms with van der Waals surface area (Å²) in [5.74, 6) is 4.77. The Morgan fingerprint density at radius 3 is 1.42 bits per heavy atom. The number of hydrogen-bond acceptors (Lipinski definition) is 0. The molecule has 0 radical (unpaired) electrons. The maximum Gasteiger partial charge on any atom is -0.0355 e. The lowest BCUT2D eigenvalue weighted by Gasteiger charge is -2.41. The van der Waals surface area contributed by atoms with Crippen molar-refractivity contribution in [3.8, 4) is 0 Å². The summed E-state index contributed by atoms with van der Waals surface area (Å²) < 4.78 is 0. The molecule has 3 rings (SSSR count). The van der Waals surface area contributed by atoms with Crippen LogP contribution in [0.1, 0.15) is 51.4 Å². The average molecular weight is 164 g/mol. The van der Waals surface area contributed by atoms with E-state index in [4.69, 9.17) is 0 Å². The van der Waals surface area contributed by atoms with Crippen LogP contribution in [0.2, 0.25) is 0 Å². The molecular weight excluding hydrogens is 144 g/mol. The Hall–Kier alpha value is 0. The van der Waals surface area contributed by atoms with Gasteiger partial charge in [-0.25, -0.2) is 0 Å². The molecule has 3 aliphatic rings. The Morgan fingerprint density at radius 1 is 0.500 bits per heavy atom. The van der Waals surface area contributed by atoms with E-state index in [-0.39, 0.29) is 0 Å². The summed E-state index contributed by atoms with van der Waals surface area (Å²) >= 11 is 0. The standard InChI is InChI=1S/C12H20/c1-2-4-9(3-1)11-7-8-12(11)10-5-6-10/h9-12H,1-8H2. The Balaban J connectivity index is 1.60. The van der Waals surface area contributed by atoms with Crippen LogP contribution < -0.4 is 0 Å². The topological polar surface area (TPSA) is 0 Å². The average Bonchev–Trinajstić information content (AvgIpc) is 2.65. The fraction of sp³-hybridized carbons (Fsp3) is 1.00. The van der Waals surface area contributed by atoms with E-state index < -0.39 is 0 Å². The van der Waals surface area contributed by atoms with Gasteiger partial charge in [0.2, 0.25) is 0 Å². The lowest BCUT2D eigenvalue weighted by Crippen LogP contribution is -2.32. The molecule has 2 atom stereocenters. The van der Waals surface area contributed by atoms with E-state index in [1.165, 1.54) is 23.7 Å². The minimum Gasteiger partial charge on any atom is -0.0530 e. The van der Waals surface area contributed by atoms with Crippen molar-refractivity contribution in [1.82, 2.24) is 0 Å². The Kier molecular flexibility index (Phi) is 1.70. The first-order valence-corrected chi connectivity index (χ1v) is 5.95. The van der Waals surface area contributed by atoms with Crippen LogP contribution in [0, 0.1) is 23.7 Å². The van der Waals surface area contributed by atoms with Crippen LogP contribution in [0.3, 0.4) is 0 Å². The third-order valence-corrected chi connectivity index (χ3v) is 4.62. The molecule has 0 aromatic carbocycles. The SMILES string of the molecule is C1CCC(C2CCC2C2CC2)C1. The van der Waals surface area contributed by atoms with Crippen molar-refractivity contribution in [3.63, 3.8) is 0 Å². The molecule has 3 fully saturated rings. The molecule has 68 valence electrons. The van der Waals surface area contributed by atoms with Gasteiger partial charge in [-0.1, -0.05) is 25.7 Å². The maximum atomic E-state index is 1.59. The summed E-state index contributed by atoms with van der Waals surface area (Å²) in [6.07, 6.45) is 12.6. The molecule has 0 spiro atoms. The summed E-state index contributed by atoms with van der Waals surface area (Å²) in [6, 6.07) is 0. The van der Waals surface area contributed by atoms with Gasteiger partial charge in [0.25, 0.3) is 0 Å². The number of rotatable bonds is 2. The lowest BCUT2D eigenvalue weighted by atomic mass is 9.64. The first-order chi connectivity index (χ1) is 5.95. The lowest BCUT2D eigenvalue weighted by molar-refractivity contribution is 0.0872. The Bertz CT molecular complexity index is 161. The van der Waals surface area contributed by atoms with Gasteiger partial charge in [-0.15, -0.1) is 0 Å². The summed E-state index contributed by atoms with van der Waals surface area (Å²) in [4.78, 5) is 0. The van der Waals surface area contributed by atoms with Gasteiger partial charge in [-0.2, -0.15) is 0 Å². The smallest absolute Gasteiger partial charge is 0.0355 e. The van der Waals surface area contributed by atoms with Gasteiger partial charge in [0, 0.05) is 0 Å². The predicted octanol–water partition coefficient (Wildman–Crippen LogP) is 3.61. The normalized spacial score (nSPS) is 43.0. The molecule has 12 heavy (non-hydrogen) atoms. The highest BCUT2D eigenvalue weighted by atomic mass is 14.5. The van der Waals surface area contributed by atoms with E-state index in [1.807, 2.05) is 0 Å². The van der Waals surface area contributed by atoms with E-state index in [0.717, 1.165) is 0 Å². The monoisotopic (exact) mass is 164 g/mol. The fourth-order valence-electron chi connectivity index (χ4n) is 3.63. The number of hydrogen-bond donors (Lipinski definition) is 0. The fourth-order valence-corrected chi connectivity index (χ4v) is 3.63. The highest BCUT2D eigenvalue weighted by Crippen LogP contribution is 2.55. The van der Waals surface area contributed by atoms with Crippen molar-refractivity contribution in [2.75, 3.05) is 0 Å². The molecule has 0 saturated heterocycles. The second-order valence-corrected chi connectivity index (χ2v) is 5.29. The van der Waals surface area contributed by atoms with Gasteiger partial charge in [-0.3, -0.25) is 0 Å². The molecule has 3 aliphatic carbocycles. The van der Waals surface area contributed by atoms with Gasteiger partial charge < -0.3 is 0 Å². The third-order valence-electron chi connectivity index (χ3n) is 4.62. The van der Waals surface area contributed by atoms with Crippen molar-refractivity contribution in [2.24, 2.45) is 23.7 Å². The van der Waals surface area contributed by atoms with Gasteiger partial charge in [-0.05, 0) is 49.4 Å².